The number of rotatable bonds is 5. The molecule has 3 rings (SSSR count). The second-order valence-electron chi connectivity index (χ2n) is 6.88. The molecule has 26 heavy (non-hydrogen) atoms. The maximum Gasteiger partial charge on any atom is 0.261 e. The number of anilines is 2. The summed E-state index contributed by atoms with van der Waals surface area (Å²) in [4.78, 5) is 27.3. The number of amides is 2. The van der Waals surface area contributed by atoms with Crippen molar-refractivity contribution < 1.29 is 9.59 Å². The SMILES string of the molecule is CC1CCN(c2ccc(NC(=O)C(C)NC(=O)c3cccs3)cc2)CC1. The van der Waals surface area contributed by atoms with Crippen molar-refractivity contribution in [2.75, 3.05) is 23.3 Å². The molecule has 2 amide bonds. The topological polar surface area (TPSA) is 61.4 Å². The van der Waals surface area contributed by atoms with Crippen LogP contribution in [-0.2, 0) is 4.79 Å². The van der Waals surface area contributed by atoms with Gasteiger partial charge in [0, 0.05) is 24.5 Å². The van der Waals surface area contributed by atoms with E-state index in [1.165, 1.54) is 29.9 Å². The summed E-state index contributed by atoms with van der Waals surface area (Å²) in [5.74, 6) is 0.350. The largest absolute Gasteiger partial charge is 0.372 e. The van der Waals surface area contributed by atoms with Gasteiger partial charge in [-0.15, -0.1) is 11.3 Å². The van der Waals surface area contributed by atoms with Crippen LogP contribution >= 0.6 is 11.3 Å². The van der Waals surface area contributed by atoms with Crippen molar-refractivity contribution in [2.45, 2.75) is 32.7 Å². The van der Waals surface area contributed by atoms with Gasteiger partial charge < -0.3 is 15.5 Å². The Morgan fingerprint density at radius 3 is 2.46 bits per heavy atom. The fraction of sp³-hybridized carbons (Fsp3) is 0.400. The van der Waals surface area contributed by atoms with Crippen LogP contribution in [0, 0.1) is 5.92 Å². The molecule has 1 aliphatic heterocycles. The van der Waals surface area contributed by atoms with E-state index >= 15 is 0 Å². The van der Waals surface area contributed by atoms with Crippen molar-refractivity contribution in [3.8, 4) is 0 Å². The lowest BCUT2D eigenvalue weighted by molar-refractivity contribution is -0.117. The van der Waals surface area contributed by atoms with E-state index in [0.29, 0.717) is 4.88 Å². The number of carbonyl (C=O) groups is 2. The van der Waals surface area contributed by atoms with Gasteiger partial charge in [0.25, 0.3) is 5.91 Å². The Hall–Kier alpha value is -2.34. The van der Waals surface area contributed by atoms with Gasteiger partial charge >= 0.3 is 0 Å². The quantitative estimate of drug-likeness (QED) is 0.842. The Bertz CT molecular complexity index is 735. The van der Waals surface area contributed by atoms with E-state index in [1.54, 1.807) is 13.0 Å². The summed E-state index contributed by atoms with van der Waals surface area (Å²) in [5.41, 5.74) is 1.93. The normalized spacial score (nSPS) is 16.2. The number of hydrogen-bond acceptors (Lipinski definition) is 4. The third-order valence-corrected chi connectivity index (χ3v) is 5.64. The summed E-state index contributed by atoms with van der Waals surface area (Å²) in [7, 11) is 0. The first-order chi connectivity index (χ1) is 12.5. The van der Waals surface area contributed by atoms with Crippen LogP contribution in [-0.4, -0.2) is 30.9 Å². The van der Waals surface area contributed by atoms with E-state index in [4.69, 9.17) is 0 Å². The maximum atomic E-state index is 12.3. The van der Waals surface area contributed by atoms with E-state index < -0.39 is 6.04 Å². The molecule has 0 radical (unpaired) electrons. The Labute approximate surface area is 158 Å². The molecule has 1 aliphatic rings. The van der Waals surface area contributed by atoms with Gasteiger partial charge in [0.05, 0.1) is 4.88 Å². The number of hydrogen-bond donors (Lipinski definition) is 2. The molecule has 1 unspecified atom stereocenters. The highest BCUT2D eigenvalue weighted by atomic mass is 32.1. The molecule has 138 valence electrons. The first-order valence-electron chi connectivity index (χ1n) is 9.03. The molecule has 2 aromatic rings. The number of nitrogens with one attached hydrogen (secondary N) is 2. The molecule has 0 saturated carbocycles. The first kappa shape index (κ1) is 18.5. The van der Waals surface area contributed by atoms with Crippen LogP contribution in [0.5, 0.6) is 0 Å². The molecule has 0 spiro atoms. The van der Waals surface area contributed by atoms with Gasteiger partial charge in [-0.25, -0.2) is 0 Å². The summed E-state index contributed by atoms with van der Waals surface area (Å²) < 4.78 is 0. The van der Waals surface area contributed by atoms with Gasteiger partial charge in [0.1, 0.15) is 6.04 Å². The highest BCUT2D eigenvalue weighted by Gasteiger charge is 2.18. The first-order valence-corrected chi connectivity index (χ1v) is 9.91. The van der Waals surface area contributed by atoms with E-state index in [9.17, 15) is 9.59 Å². The molecule has 2 N–H and O–H groups in total. The molecule has 1 atom stereocenters. The number of carbonyl (C=O) groups excluding carboxylic acids is 2. The number of nitrogens with zero attached hydrogens (tertiary/aromatic N) is 1. The summed E-state index contributed by atoms with van der Waals surface area (Å²) in [6, 6.07) is 10.9. The fourth-order valence-electron chi connectivity index (χ4n) is 3.01. The zero-order chi connectivity index (χ0) is 18.5. The second-order valence-corrected chi connectivity index (χ2v) is 7.83. The minimum absolute atomic E-state index is 0.225. The molecule has 0 aliphatic carbocycles. The van der Waals surface area contributed by atoms with Gasteiger partial charge in [-0.3, -0.25) is 9.59 Å². The lowest BCUT2D eigenvalue weighted by Gasteiger charge is -2.32. The van der Waals surface area contributed by atoms with Crippen molar-refractivity contribution in [3.05, 3.63) is 46.7 Å². The van der Waals surface area contributed by atoms with E-state index in [0.717, 1.165) is 24.7 Å². The monoisotopic (exact) mass is 371 g/mol. The zero-order valence-corrected chi connectivity index (χ0v) is 16.0. The number of benzene rings is 1. The van der Waals surface area contributed by atoms with Crippen molar-refractivity contribution >= 4 is 34.5 Å². The standard InChI is InChI=1S/C20H25N3O2S/c1-14-9-11-23(12-10-14)17-7-5-16(6-8-17)22-19(24)15(2)21-20(25)18-4-3-13-26-18/h3-8,13-15H,9-12H2,1-2H3,(H,21,25)(H,22,24). The van der Waals surface area contributed by atoms with Gasteiger partial charge in [0.15, 0.2) is 0 Å². The van der Waals surface area contributed by atoms with Crippen molar-refractivity contribution in [1.82, 2.24) is 5.32 Å². The summed E-state index contributed by atoms with van der Waals surface area (Å²) in [5, 5.41) is 7.42. The molecule has 6 heteroatoms. The van der Waals surface area contributed by atoms with Gasteiger partial charge in [-0.05, 0) is 61.4 Å². The molecule has 1 fully saturated rings. The third-order valence-electron chi connectivity index (χ3n) is 4.77. The predicted octanol–water partition coefficient (Wildman–Crippen LogP) is 3.74. The molecule has 1 saturated heterocycles. The molecule has 0 bridgehead atoms. The van der Waals surface area contributed by atoms with Crippen LogP contribution in [0.3, 0.4) is 0 Å². The van der Waals surface area contributed by atoms with Crippen LogP contribution in [0.2, 0.25) is 0 Å². The highest BCUT2D eigenvalue weighted by molar-refractivity contribution is 7.12. The van der Waals surface area contributed by atoms with Crippen molar-refractivity contribution in [2.24, 2.45) is 5.92 Å². The molecule has 5 nitrogen and oxygen atoms in total. The average molecular weight is 372 g/mol. The van der Waals surface area contributed by atoms with Crippen LogP contribution in [0.4, 0.5) is 11.4 Å². The molecular formula is C20H25N3O2S. The molecule has 2 heterocycles. The van der Waals surface area contributed by atoms with Gasteiger partial charge in [-0.1, -0.05) is 13.0 Å². The zero-order valence-electron chi connectivity index (χ0n) is 15.2. The lowest BCUT2D eigenvalue weighted by atomic mass is 9.99. The number of piperidine rings is 1. The molecular weight excluding hydrogens is 346 g/mol. The van der Waals surface area contributed by atoms with E-state index in [1.807, 2.05) is 35.7 Å². The number of thiophene rings is 1. The van der Waals surface area contributed by atoms with Crippen molar-refractivity contribution in [3.63, 3.8) is 0 Å². The summed E-state index contributed by atoms with van der Waals surface area (Å²) in [6.45, 7) is 6.15. The molecule has 1 aromatic heterocycles. The Morgan fingerprint density at radius 2 is 1.85 bits per heavy atom. The van der Waals surface area contributed by atoms with Crippen LogP contribution in [0.1, 0.15) is 36.4 Å². The fourth-order valence-corrected chi connectivity index (χ4v) is 3.64. The Morgan fingerprint density at radius 1 is 1.15 bits per heavy atom. The lowest BCUT2D eigenvalue weighted by Crippen LogP contribution is -2.41. The summed E-state index contributed by atoms with van der Waals surface area (Å²) in [6.07, 6.45) is 2.44. The van der Waals surface area contributed by atoms with Gasteiger partial charge in [0.2, 0.25) is 5.91 Å². The minimum Gasteiger partial charge on any atom is -0.372 e. The predicted molar refractivity (Wildman–Crippen MR) is 107 cm³/mol. The average Bonchev–Trinajstić information content (AvgIpc) is 3.18. The van der Waals surface area contributed by atoms with Gasteiger partial charge in [-0.2, -0.15) is 0 Å². The van der Waals surface area contributed by atoms with Crippen LogP contribution in [0.25, 0.3) is 0 Å². The highest BCUT2D eigenvalue weighted by Crippen LogP contribution is 2.24. The van der Waals surface area contributed by atoms with Crippen LogP contribution < -0.4 is 15.5 Å². The van der Waals surface area contributed by atoms with Crippen LogP contribution in [0.15, 0.2) is 41.8 Å². The summed E-state index contributed by atoms with van der Waals surface area (Å²) >= 11 is 1.36. The second kappa shape index (κ2) is 8.36. The minimum atomic E-state index is -0.604. The maximum absolute atomic E-state index is 12.3. The Balaban J connectivity index is 1.53. The smallest absolute Gasteiger partial charge is 0.261 e. The Kier molecular flexibility index (Phi) is 5.93. The third kappa shape index (κ3) is 4.64. The van der Waals surface area contributed by atoms with Crippen molar-refractivity contribution in [1.29, 1.82) is 0 Å². The van der Waals surface area contributed by atoms with E-state index in [-0.39, 0.29) is 11.8 Å². The van der Waals surface area contributed by atoms with E-state index in [2.05, 4.69) is 22.5 Å². The molecule has 1 aromatic carbocycles.